The van der Waals surface area contributed by atoms with Gasteiger partial charge >= 0.3 is 29.9 Å². The van der Waals surface area contributed by atoms with Crippen LogP contribution in [0.2, 0.25) is 0 Å². The monoisotopic (exact) mass is 343 g/mol. The van der Waals surface area contributed by atoms with E-state index in [0.29, 0.717) is 0 Å². The molecule has 0 aliphatic rings. The Labute approximate surface area is 109 Å². The minimum Gasteiger partial charge on any atom is -0.392 e. The predicted octanol–water partition coefficient (Wildman–Crippen LogP) is 2.80. The van der Waals surface area contributed by atoms with E-state index >= 15 is 0 Å². The molecule has 0 saturated carbocycles. The molecule has 0 saturated heterocycles. The summed E-state index contributed by atoms with van der Waals surface area (Å²) in [6.45, 7) is -1.16. The van der Waals surface area contributed by atoms with Crippen LogP contribution in [0.4, 0.5) is 48.3 Å². The molecule has 0 fully saturated rings. The maximum absolute atomic E-state index is 13.0. The van der Waals surface area contributed by atoms with Crippen molar-refractivity contribution in [2.24, 2.45) is 5.73 Å². The van der Waals surface area contributed by atoms with Gasteiger partial charge in [0.25, 0.3) is 0 Å². The standard InChI is InChI=1S/C8H8F11NO/c9-4(10,1-3(21)2-20)6(12,13)5(11,7(14,15)16)8(17,18)19/h3,21H,1-2,20H2/t3-/m0/s1. The highest BCUT2D eigenvalue weighted by Crippen LogP contribution is 2.59. The average molecular weight is 343 g/mol. The summed E-state index contributed by atoms with van der Waals surface area (Å²) in [5.74, 6) is -13.4. The van der Waals surface area contributed by atoms with E-state index in [0.717, 1.165) is 0 Å². The fraction of sp³-hybridized carbons (Fsp3) is 1.00. The average Bonchev–Trinajstić information content (AvgIpc) is 2.23. The second kappa shape index (κ2) is 5.41. The molecular formula is C8H8F11NO. The predicted molar refractivity (Wildman–Crippen MR) is 45.5 cm³/mol. The number of halogens is 11. The highest BCUT2D eigenvalue weighted by molar-refractivity contribution is 5.11. The summed E-state index contributed by atoms with van der Waals surface area (Å²) in [5.41, 5.74) is -2.96. The van der Waals surface area contributed by atoms with E-state index in [4.69, 9.17) is 5.11 Å². The quantitative estimate of drug-likeness (QED) is 0.754. The third-order valence-corrected chi connectivity index (χ3v) is 2.44. The Kier molecular flexibility index (Phi) is 5.19. The number of alkyl halides is 11. The zero-order valence-electron chi connectivity index (χ0n) is 9.67. The number of nitrogens with two attached hydrogens (primary N) is 1. The van der Waals surface area contributed by atoms with E-state index in [1.807, 2.05) is 0 Å². The van der Waals surface area contributed by atoms with Gasteiger partial charge in [0.05, 0.1) is 6.10 Å². The van der Waals surface area contributed by atoms with Crippen LogP contribution in [-0.2, 0) is 0 Å². The van der Waals surface area contributed by atoms with Crippen LogP contribution >= 0.6 is 0 Å². The lowest BCUT2D eigenvalue weighted by Gasteiger charge is -2.40. The molecule has 0 aromatic rings. The Morgan fingerprint density at radius 3 is 1.33 bits per heavy atom. The van der Waals surface area contributed by atoms with Gasteiger partial charge in [-0.1, -0.05) is 0 Å². The molecule has 1 atom stereocenters. The zero-order chi connectivity index (χ0) is 17.5. The van der Waals surface area contributed by atoms with Crippen molar-refractivity contribution in [3.8, 4) is 0 Å². The Hall–Kier alpha value is -0.850. The summed E-state index contributed by atoms with van der Waals surface area (Å²) in [5, 5.41) is 8.60. The van der Waals surface area contributed by atoms with Crippen LogP contribution in [-0.4, -0.2) is 47.6 Å². The first-order chi connectivity index (χ1) is 8.95. The van der Waals surface area contributed by atoms with Crippen LogP contribution in [0.1, 0.15) is 6.42 Å². The number of hydrogen-bond acceptors (Lipinski definition) is 2. The molecule has 3 N–H and O–H groups in total. The van der Waals surface area contributed by atoms with E-state index in [1.54, 1.807) is 0 Å². The van der Waals surface area contributed by atoms with Crippen LogP contribution in [0.3, 0.4) is 0 Å². The molecule has 13 heteroatoms. The maximum atomic E-state index is 13.0. The van der Waals surface area contributed by atoms with Crippen molar-refractivity contribution in [3.63, 3.8) is 0 Å². The fourth-order valence-electron chi connectivity index (χ4n) is 1.28. The molecule has 0 rings (SSSR count). The normalized spacial score (nSPS) is 17.0. The first-order valence-corrected chi connectivity index (χ1v) is 4.92. The van der Waals surface area contributed by atoms with Gasteiger partial charge in [-0.25, -0.2) is 4.39 Å². The Morgan fingerprint density at radius 2 is 1.10 bits per heavy atom. The topological polar surface area (TPSA) is 46.2 Å². The van der Waals surface area contributed by atoms with E-state index < -0.39 is 48.9 Å². The Bertz CT molecular complexity index is 346. The number of aliphatic hydroxyl groups excluding tert-OH is 1. The highest BCUT2D eigenvalue weighted by Gasteiger charge is 2.89. The lowest BCUT2D eigenvalue weighted by atomic mass is 9.88. The third-order valence-electron chi connectivity index (χ3n) is 2.44. The molecule has 0 aromatic carbocycles. The van der Waals surface area contributed by atoms with Crippen molar-refractivity contribution < 1.29 is 53.4 Å². The molecule has 0 unspecified atom stereocenters. The molecular weight excluding hydrogens is 335 g/mol. The van der Waals surface area contributed by atoms with Gasteiger partial charge < -0.3 is 10.8 Å². The molecule has 0 aliphatic carbocycles. The molecule has 128 valence electrons. The maximum Gasteiger partial charge on any atom is 0.438 e. The summed E-state index contributed by atoms with van der Waals surface area (Å²) < 4.78 is 137. The molecule has 0 bridgehead atoms. The van der Waals surface area contributed by atoms with Gasteiger partial charge in [0, 0.05) is 13.0 Å². The SMILES string of the molecule is NC[C@@H](O)CC(F)(F)C(F)(F)C(F)(C(F)(F)F)C(F)(F)F. The zero-order valence-corrected chi connectivity index (χ0v) is 9.67. The van der Waals surface area contributed by atoms with Gasteiger partial charge in [0.15, 0.2) is 0 Å². The second-order valence-corrected chi connectivity index (χ2v) is 4.03. The van der Waals surface area contributed by atoms with Gasteiger partial charge in [0.2, 0.25) is 0 Å². The van der Waals surface area contributed by atoms with E-state index in [9.17, 15) is 48.3 Å². The smallest absolute Gasteiger partial charge is 0.392 e. The van der Waals surface area contributed by atoms with Crippen LogP contribution in [0.5, 0.6) is 0 Å². The molecule has 0 spiro atoms. The lowest BCUT2D eigenvalue weighted by molar-refractivity contribution is -0.427. The largest absolute Gasteiger partial charge is 0.438 e. The van der Waals surface area contributed by atoms with Crippen LogP contribution in [0.15, 0.2) is 0 Å². The Morgan fingerprint density at radius 1 is 0.762 bits per heavy atom. The molecule has 0 amide bonds. The molecule has 0 heterocycles. The lowest BCUT2D eigenvalue weighted by Crippen LogP contribution is -2.70. The molecule has 2 nitrogen and oxygen atoms in total. The number of hydrogen-bond donors (Lipinski definition) is 2. The van der Waals surface area contributed by atoms with Crippen molar-refractivity contribution >= 4 is 0 Å². The first-order valence-electron chi connectivity index (χ1n) is 4.92. The number of aliphatic hydroxyl groups is 1. The summed E-state index contributed by atoms with van der Waals surface area (Å²) in [6.07, 6.45) is -19.9. The minimum absolute atomic E-state index is 1.16. The van der Waals surface area contributed by atoms with Gasteiger partial charge in [0.1, 0.15) is 0 Å². The van der Waals surface area contributed by atoms with Crippen molar-refractivity contribution in [1.82, 2.24) is 0 Å². The van der Waals surface area contributed by atoms with Crippen molar-refractivity contribution in [1.29, 1.82) is 0 Å². The van der Waals surface area contributed by atoms with Gasteiger partial charge in [-0.3, -0.25) is 0 Å². The van der Waals surface area contributed by atoms with E-state index in [2.05, 4.69) is 5.73 Å². The van der Waals surface area contributed by atoms with Crippen LogP contribution in [0, 0.1) is 0 Å². The van der Waals surface area contributed by atoms with Crippen molar-refractivity contribution in [2.75, 3.05) is 6.54 Å². The molecule has 21 heavy (non-hydrogen) atoms. The van der Waals surface area contributed by atoms with Gasteiger partial charge in [-0.05, 0) is 0 Å². The molecule has 0 aliphatic heterocycles. The minimum atomic E-state index is -7.50. The molecule has 0 radical (unpaired) electrons. The van der Waals surface area contributed by atoms with Gasteiger partial charge in [-0.15, -0.1) is 0 Å². The van der Waals surface area contributed by atoms with Gasteiger partial charge in [-0.2, -0.15) is 43.9 Å². The first kappa shape index (κ1) is 20.1. The molecule has 0 aromatic heterocycles. The summed E-state index contributed by atoms with van der Waals surface area (Å²) in [6, 6.07) is 0. The summed E-state index contributed by atoms with van der Waals surface area (Å²) in [4.78, 5) is 0. The highest BCUT2D eigenvalue weighted by atomic mass is 19.4. The summed E-state index contributed by atoms with van der Waals surface area (Å²) in [7, 11) is 0. The van der Waals surface area contributed by atoms with E-state index in [1.165, 1.54) is 0 Å². The van der Waals surface area contributed by atoms with E-state index in [-0.39, 0.29) is 0 Å². The third kappa shape index (κ3) is 3.17. The Balaban J connectivity index is 6.02. The fourth-order valence-corrected chi connectivity index (χ4v) is 1.28. The van der Waals surface area contributed by atoms with Crippen LogP contribution < -0.4 is 5.73 Å². The van der Waals surface area contributed by atoms with Crippen LogP contribution in [0.25, 0.3) is 0 Å². The number of rotatable bonds is 5. The van der Waals surface area contributed by atoms with Crippen molar-refractivity contribution in [2.45, 2.75) is 42.4 Å². The summed E-state index contributed by atoms with van der Waals surface area (Å²) >= 11 is 0. The van der Waals surface area contributed by atoms with Crippen molar-refractivity contribution in [3.05, 3.63) is 0 Å². The second-order valence-electron chi connectivity index (χ2n) is 4.03.